The molecule has 0 amide bonds. The molecule has 0 aliphatic carbocycles. The zero-order valence-electron chi connectivity index (χ0n) is 11.7. The number of halogens is 2. The molecule has 3 rings (SSSR count). The van der Waals surface area contributed by atoms with Crippen LogP contribution in [0.1, 0.15) is 18.5 Å². The summed E-state index contributed by atoms with van der Waals surface area (Å²) in [6.45, 7) is 1.26. The summed E-state index contributed by atoms with van der Waals surface area (Å²) < 4.78 is 5.47. The number of nitrogens with zero attached hydrogens (tertiary/aromatic N) is 2. The van der Waals surface area contributed by atoms with Gasteiger partial charge in [-0.3, -0.25) is 9.69 Å². The van der Waals surface area contributed by atoms with Gasteiger partial charge in [0.2, 0.25) is 5.89 Å². The van der Waals surface area contributed by atoms with Crippen molar-refractivity contribution in [1.82, 2.24) is 9.88 Å². The number of hydrogen-bond donors (Lipinski definition) is 1. The van der Waals surface area contributed by atoms with Crippen molar-refractivity contribution in [2.24, 2.45) is 0 Å². The van der Waals surface area contributed by atoms with Crippen molar-refractivity contribution in [3.05, 3.63) is 41.2 Å². The van der Waals surface area contributed by atoms with Crippen LogP contribution < -0.4 is 0 Å². The molecule has 1 aliphatic rings. The first-order valence-electron chi connectivity index (χ1n) is 6.80. The minimum Gasteiger partial charge on any atom is -0.480 e. The van der Waals surface area contributed by atoms with Crippen molar-refractivity contribution in [3.63, 3.8) is 0 Å². The molecule has 1 fully saturated rings. The van der Waals surface area contributed by atoms with Crippen LogP contribution in [-0.4, -0.2) is 33.5 Å². The highest BCUT2D eigenvalue weighted by atomic mass is 35.5. The van der Waals surface area contributed by atoms with E-state index in [-0.39, 0.29) is 12.4 Å². The summed E-state index contributed by atoms with van der Waals surface area (Å²) in [6.07, 6.45) is 3.16. The molecule has 1 atom stereocenters. The van der Waals surface area contributed by atoms with Crippen molar-refractivity contribution >= 4 is 30.0 Å². The van der Waals surface area contributed by atoms with E-state index in [1.54, 1.807) is 18.4 Å². The van der Waals surface area contributed by atoms with E-state index in [9.17, 15) is 9.90 Å². The summed E-state index contributed by atoms with van der Waals surface area (Å²) in [4.78, 5) is 17.5. The third-order valence-electron chi connectivity index (χ3n) is 3.64. The molecule has 1 saturated heterocycles. The molecule has 2 heterocycles. The van der Waals surface area contributed by atoms with Crippen molar-refractivity contribution in [2.75, 3.05) is 6.54 Å². The molecule has 0 bridgehead atoms. The zero-order valence-corrected chi connectivity index (χ0v) is 13.3. The first kappa shape index (κ1) is 16.8. The Morgan fingerprint density at radius 1 is 1.50 bits per heavy atom. The predicted molar refractivity (Wildman–Crippen MR) is 85.3 cm³/mol. The van der Waals surface area contributed by atoms with Gasteiger partial charge in [-0.25, -0.2) is 4.98 Å². The van der Waals surface area contributed by atoms with E-state index in [0.29, 0.717) is 23.9 Å². The van der Waals surface area contributed by atoms with Gasteiger partial charge >= 0.3 is 5.97 Å². The predicted octanol–water partition coefficient (Wildman–Crippen LogP) is 3.47. The second-order valence-electron chi connectivity index (χ2n) is 5.12. The van der Waals surface area contributed by atoms with E-state index in [0.717, 1.165) is 24.2 Å². The van der Waals surface area contributed by atoms with E-state index < -0.39 is 12.0 Å². The Morgan fingerprint density at radius 2 is 2.32 bits per heavy atom. The van der Waals surface area contributed by atoms with E-state index in [4.69, 9.17) is 16.0 Å². The zero-order chi connectivity index (χ0) is 14.8. The Morgan fingerprint density at radius 3 is 3.05 bits per heavy atom. The highest BCUT2D eigenvalue weighted by Gasteiger charge is 2.30. The second-order valence-corrected chi connectivity index (χ2v) is 5.56. The number of aliphatic carboxylic acids is 1. The molecule has 2 aromatic rings. The van der Waals surface area contributed by atoms with E-state index in [2.05, 4.69) is 4.98 Å². The van der Waals surface area contributed by atoms with Gasteiger partial charge in [0, 0.05) is 17.1 Å². The Bertz CT molecular complexity index is 660. The van der Waals surface area contributed by atoms with Crippen LogP contribution in [0.25, 0.3) is 11.5 Å². The number of rotatable bonds is 4. The highest BCUT2D eigenvalue weighted by Crippen LogP contribution is 2.24. The normalized spacial score (nSPS) is 18.1. The molecular formula is C15H16Cl2N2O3. The lowest BCUT2D eigenvalue weighted by Crippen LogP contribution is -2.35. The monoisotopic (exact) mass is 342 g/mol. The molecule has 0 spiro atoms. The number of carboxylic acid groups (broad SMARTS) is 1. The van der Waals surface area contributed by atoms with E-state index in [1.807, 2.05) is 17.0 Å². The molecule has 0 unspecified atom stereocenters. The third-order valence-corrected chi connectivity index (χ3v) is 3.87. The number of likely N-dealkylation sites (tertiary alicyclic amines) is 1. The van der Waals surface area contributed by atoms with Crippen LogP contribution in [0.2, 0.25) is 5.02 Å². The van der Waals surface area contributed by atoms with E-state index >= 15 is 0 Å². The molecule has 1 aliphatic heterocycles. The van der Waals surface area contributed by atoms with Gasteiger partial charge in [0.25, 0.3) is 0 Å². The third kappa shape index (κ3) is 3.61. The largest absolute Gasteiger partial charge is 0.480 e. The van der Waals surface area contributed by atoms with Gasteiger partial charge in [-0.15, -0.1) is 12.4 Å². The van der Waals surface area contributed by atoms with Crippen molar-refractivity contribution in [1.29, 1.82) is 0 Å². The summed E-state index contributed by atoms with van der Waals surface area (Å²) in [5.41, 5.74) is 1.54. The van der Waals surface area contributed by atoms with Gasteiger partial charge in [-0.1, -0.05) is 17.7 Å². The maximum absolute atomic E-state index is 11.2. The van der Waals surface area contributed by atoms with Crippen LogP contribution in [0.5, 0.6) is 0 Å². The molecule has 1 aromatic heterocycles. The van der Waals surface area contributed by atoms with Crippen molar-refractivity contribution in [3.8, 4) is 11.5 Å². The summed E-state index contributed by atoms with van der Waals surface area (Å²) in [7, 11) is 0. The van der Waals surface area contributed by atoms with Crippen molar-refractivity contribution in [2.45, 2.75) is 25.4 Å². The van der Waals surface area contributed by atoms with E-state index in [1.165, 1.54) is 0 Å². The minimum absolute atomic E-state index is 0. The summed E-state index contributed by atoms with van der Waals surface area (Å²) in [5.74, 6) is -0.273. The first-order valence-corrected chi connectivity index (χ1v) is 7.18. The Hall–Kier alpha value is -1.56. The molecule has 1 aromatic carbocycles. The summed E-state index contributed by atoms with van der Waals surface area (Å²) in [5, 5.41) is 9.80. The lowest BCUT2D eigenvalue weighted by Gasteiger charge is -2.19. The summed E-state index contributed by atoms with van der Waals surface area (Å²) >= 11 is 5.95. The maximum Gasteiger partial charge on any atom is 0.320 e. The number of aromatic nitrogens is 1. The van der Waals surface area contributed by atoms with Crippen LogP contribution in [0.15, 0.2) is 34.9 Å². The molecule has 0 saturated carbocycles. The lowest BCUT2D eigenvalue weighted by atomic mass is 10.2. The van der Waals surface area contributed by atoms with Crippen LogP contribution in [0, 0.1) is 0 Å². The standard InChI is InChI=1S/C15H15ClN2O3.ClH/c16-11-4-1-3-10(7-11)14-17-12(9-21-14)8-18-6-2-5-13(18)15(19)20;/h1,3-4,7,9,13H,2,5-6,8H2,(H,19,20);1H/t13-;/m1./s1. The first-order chi connectivity index (χ1) is 10.1. The molecule has 7 heteroatoms. The molecule has 1 N–H and O–H groups in total. The lowest BCUT2D eigenvalue weighted by molar-refractivity contribution is -0.142. The number of carboxylic acids is 1. The average molecular weight is 343 g/mol. The number of oxazole rings is 1. The van der Waals surface area contributed by atoms with Gasteiger partial charge in [0.1, 0.15) is 12.3 Å². The quantitative estimate of drug-likeness (QED) is 0.921. The fourth-order valence-corrected chi connectivity index (χ4v) is 2.83. The Kier molecular flexibility index (Phi) is 5.45. The Labute approximate surface area is 139 Å². The fourth-order valence-electron chi connectivity index (χ4n) is 2.64. The Balaban J connectivity index is 0.00000176. The second kappa shape index (κ2) is 7.13. The van der Waals surface area contributed by atoms with Gasteiger partial charge in [0.05, 0.1) is 5.69 Å². The maximum atomic E-state index is 11.2. The smallest absolute Gasteiger partial charge is 0.320 e. The molecule has 0 radical (unpaired) electrons. The molecule has 22 heavy (non-hydrogen) atoms. The summed E-state index contributed by atoms with van der Waals surface area (Å²) in [6, 6.07) is 6.86. The van der Waals surface area contributed by atoms with Crippen molar-refractivity contribution < 1.29 is 14.3 Å². The molecular weight excluding hydrogens is 327 g/mol. The van der Waals surface area contributed by atoms with Crippen LogP contribution in [-0.2, 0) is 11.3 Å². The van der Waals surface area contributed by atoms with Crippen LogP contribution in [0.4, 0.5) is 0 Å². The van der Waals surface area contributed by atoms with Crippen LogP contribution in [0.3, 0.4) is 0 Å². The van der Waals surface area contributed by atoms with Gasteiger partial charge < -0.3 is 9.52 Å². The topological polar surface area (TPSA) is 66.6 Å². The molecule has 5 nitrogen and oxygen atoms in total. The number of carbonyl (C=O) groups is 1. The van der Waals surface area contributed by atoms with Gasteiger partial charge in [-0.05, 0) is 37.6 Å². The SMILES string of the molecule is Cl.O=C(O)[C@H]1CCCN1Cc1coc(-c2cccc(Cl)c2)n1. The minimum atomic E-state index is -0.772. The van der Waals surface area contributed by atoms with Crippen LogP contribution >= 0.6 is 24.0 Å². The van der Waals surface area contributed by atoms with Gasteiger partial charge in [-0.2, -0.15) is 0 Å². The number of hydrogen-bond acceptors (Lipinski definition) is 4. The highest BCUT2D eigenvalue weighted by molar-refractivity contribution is 6.30. The van der Waals surface area contributed by atoms with Gasteiger partial charge in [0.15, 0.2) is 0 Å². The average Bonchev–Trinajstić information content (AvgIpc) is 3.08. The fraction of sp³-hybridized carbons (Fsp3) is 0.333. The number of benzene rings is 1. The molecule has 118 valence electrons.